The van der Waals surface area contributed by atoms with Crippen molar-refractivity contribution in [1.82, 2.24) is 10.3 Å². The van der Waals surface area contributed by atoms with Crippen LogP contribution in [0.15, 0.2) is 54.7 Å². The lowest BCUT2D eigenvalue weighted by molar-refractivity contribution is 0.0928. The van der Waals surface area contributed by atoms with Gasteiger partial charge in [0.1, 0.15) is 10.7 Å². The monoisotopic (exact) mass is 380 g/mol. The van der Waals surface area contributed by atoms with Crippen LogP contribution in [0.1, 0.15) is 16.6 Å². The van der Waals surface area contributed by atoms with Crippen LogP contribution in [0.3, 0.4) is 0 Å². The Bertz CT molecular complexity index is 1140. The van der Waals surface area contributed by atoms with Gasteiger partial charge < -0.3 is 10.4 Å². The molecule has 2 heterocycles. The number of aliphatic hydroxyl groups excluding tert-OH is 1. The average Bonchev–Trinajstić information content (AvgIpc) is 3.07. The predicted molar refractivity (Wildman–Crippen MR) is 107 cm³/mol. The van der Waals surface area contributed by atoms with Crippen molar-refractivity contribution >= 4 is 38.2 Å². The second-order valence-electron chi connectivity index (χ2n) is 6.39. The molecule has 0 aliphatic rings. The van der Waals surface area contributed by atoms with Crippen molar-refractivity contribution in [2.75, 3.05) is 6.54 Å². The molecule has 27 heavy (non-hydrogen) atoms. The number of nitrogens with zero attached hydrogens (tertiary/aromatic N) is 1. The van der Waals surface area contributed by atoms with E-state index in [2.05, 4.69) is 10.3 Å². The Morgan fingerprint density at radius 1 is 1.22 bits per heavy atom. The van der Waals surface area contributed by atoms with Crippen LogP contribution in [0.5, 0.6) is 0 Å². The number of pyridine rings is 1. The molecule has 4 aromatic rings. The Hall–Kier alpha value is -2.83. The summed E-state index contributed by atoms with van der Waals surface area (Å²) in [5.41, 5.74) is 2.35. The van der Waals surface area contributed by atoms with Gasteiger partial charge >= 0.3 is 0 Å². The molecule has 0 aliphatic carbocycles. The summed E-state index contributed by atoms with van der Waals surface area (Å²) in [6.45, 7) is 1.78. The Morgan fingerprint density at radius 2 is 2.00 bits per heavy atom. The predicted octanol–water partition coefficient (Wildman–Crippen LogP) is 4.37. The fourth-order valence-corrected chi connectivity index (χ4v) is 4.31. The van der Waals surface area contributed by atoms with Crippen molar-refractivity contribution in [3.63, 3.8) is 0 Å². The maximum atomic E-state index is 13.8. The van der Waals surface area contributed by atoms with Crippen LogP contribution >= 0.6 is 11.3 Å². The number of nitrogens with one attached hydrogen (secondary N) is 1. The number of carbonyl (C=O) groups is 1. The van der Waals surface area contributed by atoms with Crippen LogP contribution in [0.25, 0.3) is 32.1 Å². The molecule has 0 saturated heterocycles. The second kappa shape index (κ2) is 7.06. The number of fused-ring (bicyclic) bond motifs is 3. The third kappa shape index (κ3) is 3.29. The van der Waals surface area contributed by atoms with Gasteiger partial charge in [-0.05, 0) is 30.7 Å². The number of hydrogen-bond donors (Lipinski definition) is 2. The van der Waals surface area contributed by atoms with Crippen molar-refractivity contribution in [3.05, 3.63) is 65.4 Å². The summed E-state index contributed by atoms with van der Waals surface area (Å²) in [4.78, 5) is 17.8. The Labute approximate surface area is 159 Å². The van der Waals surface area contributed by atoms with Crippen molar-refractivity contribution in [3.8, 4) is 11.1 Å². The third-order valence-corrected chi connectivity index (χ3v) is 5.55. The summed E-state index contributed by atoms with van der Waals surface area (Å²) in [6, 6.07) is 14.1. The van der Waals surface area contributed by atoms with Gasteiger partial charge in [-0.25, -0.2) is 4.39 Å². The van der Waals surface area contributed by atoms with Crippen molar-refractivity contribution in [2.24, 2.45) is 0 Å². The van der Waals surface area contributed by atoms with Gasteiger partial charge in [0.15, 0.2) is 0 Å². The number of halogens is 1. The van der Waals surface area contributed by atoms with E-state index in [1.807, 2.05) is 30.3 Å². The molecule has 1 amide bonds. The number of carbonyl (C=O) groups excluding carboxylic acids is 1. The fourth-order valence-electron chi connectivity index (χ4n) is 3.08. The molecule has 6 heteroatoms. The van der Waals surface area contributed by atoms with Crippen LogP contribution in [-0.2, 0) is 0 Å². The molecule has 0 radical (unpaired) electrons. The number of amides is 1. The molecule has 4 rings (SSSR count). The number of benzene rings is 2. The van der Waals surface area contributed by atoms with Crippen LogP contribution in [0.2, 0.25) is 0 Å². The van der Waals surface area contributed by atoms with Gasteiger partial charge in [0, 0.05) is 33.8 Å². The first-order chi connectivity index (χ1) is 13.0. The van der Waals surface area contributed by atoms with E-state index in [0.717, 1.165) is 21.2 Å². The van der Waals surface area contributed by atoms with Gasteiger partial charge in [-0.2, -0.15) is 0 Å². The first kappa shape index (κ1) is 17.6. The third-order valence-electron chi connectivity index (χ3n) is 4.31. The maximum absolute atomic E-state index is 13.8. The summed E-state index contributed by atoms with van der Waals surface area (Å²) in [7, 11) is 0. The largest absolute Gasteiger partial charge is 0.392 e. The SMILES string of the molecule is C[C@@H](O)CNC(=O)c1sc2c(cnc3ccc(F)cc32)c1-c1ccccc1. The number of aliphatic hydroxyl groups is 1. The standard InChI is InChI=1S/C21H17FN2O2S/c1-12(25)10-24-21(26)20-18(13-5-3-2-4-6-13)16-11-23-17-8-7-14(22)9-15(17)19(16)27-20/h2-9,11-12,25H,10H2,1H3,(H,24,26)/t12-/m1/s1. The minimum absolute atomic E-state index is 0.162. The molecule has 2 N–H and O–H groups in total. The van der Waals surface area contributed by atoms with Gasteiger partial charge in [0.2, 0.25) is 0 Å². The normalized spacial score (nSPS) is 12.4. The lowest BCUT2D eigenvalue weighted by Crippen LogP contribution is -2.30. The van der Waals surface area contributed by atoms with Crippen LogP contribution in [-0.4, -0.2) is 28.6 Å². The molecule has 136 valence electrons. The second-order valence-corrected chi connectivity index (χ2v) is 7.41. The lowest BCUT2D eigenvalue weighted by atomic mass is 10.0. The molecule has 0 spiro atoms. The smallest absolute Gasteiger partial charge is 0.262 e. The van der Waals surface area contributed by atoms with Gasteiger partial charge in [-0.3, -0.25) is 9.78 Å². The summed E-state index contributed by atoms with van der Waals surface area (Å²) in [5, 5.41) is 13.7. The summed E-state index contributed by atoms with van der Waals surface area (Å²) >= 11 is 1.32. The molecule has 0 unspecified atom stereocenters. The van der Waals surface area contributed by atoms with Crippen LogP contribution in [0, 0.1) is 5.82 Å². The Kier molecular flexibility index (Phi) is 4.59. The minimum atomic E-state index is -0.639. The van der Waals surface area contributed by atoms with E-state index < -0.39 is 6.10 Å². The summed E-state index contributed by atoms with van der Waals surface area (Å²) in [5.74, 6) is -0.605. The van der Waals surface area contributed by atoms with Crippen molar-refractivity contribution in [2.45, 2.75) is 13.0 Å². The summed E-state index contributed by atoms with van der Waals surface area (Å²) < 4.78 is 14.7. The molecule has 0 aliphatic heterocycles. The summed E-state index contributed by atoms with van der Waals surface area (Å²) in [6.07, 6.45) is 1.10. The van der Waals surface area contributed by atoms with E-state index in [1.54, 1.807) is 19.2 Å². The first-order valence-corrected chi connectivity index (χ1v) is 9.38. The Morgan fingerprint density at radius 3 is 2.74 bits per heavy atom. The van der Waals surface area contributed by atoms with Gasteiger partial charge in [-0.15, -0.1) is 11.3 Å². The zero-order valence-corrected chi connectivity index (χ0v) is 15.4. The zero-order chi connectivity index (χ0) is 19.0. The van der Waals surface area contributed by atoms with E-state index in [0.29, 0.717) is 15.8 Å². The first-order valence-electron chi connectivity index (χ1n) is 8.57. The number of aromatic nitrogens is 1. The van der Waals surface area contributed by atoms with Gasteiger partial charge in [-0.1, -0.05) is 30.3 Å². The van der Waals surface area contributed by atoms with E-state index in [1.165, 1.54) is 23.5 Å². The molecular formula is C21H17FN2O2S. The van der Waals surface area contributed by atoms with E-state index in [-0.39, 0.29) is 18.3 Å². The lowest BCUT2D eigenvalue weighted by Gasteiger charge is -2.08. The highest BCUT2D eigenvalue weighted by molar-refractivity contribution is 7.22. The number of thiophene rings is 1. The zero-order valence-electron chi connectivity index (χ0n) is 14.6. The molecule has 1 atom stereocenters. The van der Waals surface area contributed by atoms with E-state index in [4.69, 9.17) is 0 Å². The van der Waals surface area contributed by atoms with Crippen LogP contribution < -0.4 is 5.32 Å². The molecule has 0 saturated carbocycles. The van der Waals surface area contributed by atoms with Gasteiger partial charge in [0.05, 0.1) is 11.6 Å². The number of hydrogen-bond acceptors (Lipinski definition) is 4. The molecule has 0 fully saturated rings. The van der Waals surface area contributed by atoms with Crippen molar-refractivity contribution < 1.29 is 14.3 Å². The highest BCUT2D eigenvalue weighted by Gasteiger charge is 2.21. The molecular weight excluding hydrogens is 363 g/mol. The Balaban J connectivity index is 1.98. The van der Waals surface area contributed by atoms with Gasteiger partial charge in [0.25, 0.3) is 5.91 Å². The average molecular weight is 380 g/mol. The molecule has 2 aromatic carbocycles. The molecule has 4 nitrogen and oxygen atoms in total. The molecule has 0 bridgehead atoms. The fraction of sp³-hybridized carbons (Fsp3) is 0.143. The highest BCUT2D eigenvalue weighted by atomic mass is 32.1. The minimum Gasteiger partial charge on any atom is -0.392 e. The molecule has 2 aromatic heterocycles. The van der Waals surface area contributed by atoms with E-state index in [9.17, 15) is 14.3 Å². The van der Waals surface area contributed by atoms with E-state index >= 15 is 0 Å². The highest BCUT2D eigenvalue weighted by Crippen LogP contribution is 2.41. The topological polar surface area (TPSA) is 62.2 Å². The quantitative estimate of drug-likeness (QED) is 0.553. The van der Waals surface area contributed by atoms with Crippen LogP contribution in [0.4, 0.5) is 4.39 Å². The van der Waals surface area contributed by atoms with Crippen molar-refractivity contribution in [1.29, 1.82) is 0 Å². The number of rotatable bonds is 4. The maximum Gasteiger partial charge on any atom is 0.262 e.